The molecule has 0 saturated carbocycles. The molecular weight excluding hydrogens is 373 g/mol. The SMILES string of the molecule is Cn1c(SCC(=O)Nc2ccc([N+](=O)[O-])cc2)nnc1-c1ccc(F)cc1. The van der Waals surface area contributed by atoms with E-state index in [-0.39, 0.29) is 23.2 Å². The van der Waals surface area contributed by atoms with Crippen LogP contribution in [0.1, 0.15) is 0 Å². The predicted molar refractivity (Wildman–Crippen MR) is 98.8 cm³/mol. The van der Waals surface area contributed by atoms with Gasteiger partial charge in [0.2, 0.25) is 5.91 Å². The van der Waals surface area contributed by atoms with Crippen molar-refractivity contribution in [2.75, 3.05) is 11.1 Å². The maximum Gasteiger partial charge on any atom is 0.269 e. The molecule has 8 nitrogen and oxygen atoms in total. The van der Waals surface area contributed by atoms with Crippen molar-refractivity contribution in [1.29, 1.82) is 0 Å². The maximum absolute atomic E-state index is 13.0. The number of anilines is 1. The minimum absolute atomic E-state index is 0.0465. The Morgan fingerprint density at radius 3 is 2.48 bits per heavy atom. The second-order valence-electron chi connectivity index (χ2n) is 5.51. The summed E-state index contributed by atoms with van der Waals surface area (Å²) >= 11 is 1.20. The number of hydrogen-bond donors (Lipinski definition) is 1. The van der Waals surface area contributed by atoms with Gasteiger partial charge in [0, 0.05) is 30.4 Å². The van der Waals surface area contributed by atoms with Crippen LogP contribution in [0.25, 0.3) is 11.4 Å². The van der Waals surface area contributed by atoms with Crippen LogP contribution in [0.2, 0.25) is 0 Å². The molecular formula is C17H14FN5O3S. The lowest BCUT2D eigenvalue weighted by atomic mass is 10.2. The molecule has 0 aliphatic heterocycles. The Morgan fingerprint density at radius 2 is 1.85 bits per heavy atom. The van der Waals surface area contributed by atoms with Crippen molar-refractivity contribution in [3.63, 3.8) is 0 Å². The number of rotatable bonds is 6. The van der Waals surface area contributed by atoms with Crippen LogP contribution >= 0.6 is 11.8 Å². The minimum Gasteiger partial charge on any atom is -0.325 e. The Balaban J connectivity index is 1.60. The first kappa shape index (κ1) is 18.5. The van der Waals surface area contributed by atoms with Crippen molar-refractivity contribution in [1.82, 2.24) is 14.8 Å². The smallest absolute Gasteiger partial charge is 0.269 e. The van der Waals surface area contributed by atoms with E-state index in [2.05, 4.69) is 15.5 Å². The molecule has 27 heavy (non-hydrogen) atoms. The summed E-state index contributed by atoms with van der Waals surface area (Å²) in [5, 5.41) is 22.0. The van der Waals surface area contributed by atoms with Crippen molar-refractivity contribution in [3.8, 4) is 11.4 Å². The first-order valence-corrected chi connectivity index (χ1v) is 8.75. The molecule has 1 N–H and O–H groups in total. The number of benzene rings is 2. The van der Waals surface area contributed by atoms with E-state index in [9.17, 15) is 19.3 Å². The number of aromatic nitrogens is 3. The summed E-state index contributed by atoms with van der Waals surface area (Å²) in [5.74, 6) is 0.0405. The van der Waals surface area contributed by atoms with E-state index in [1.165, 1.54) is 48.2 Å². The van der Waals surface area contributed by atoms with Gasteiger partial charge in [-0.1, -0.05) is 11.8 Å². The standard InChI is InChI=1S/C17H14FN5O3S/c1-22-16(11-2-4-12(18)5-3-11)20-21-17(22)27-10-15(24)19-13-6-8-14(9-7-13)23(25)26/h2-9H,10H2,1H3,(H,19,24). The molecule has 0 saturated heterocycles. The second kappa shape index (κ2) is 7.96. The van der Waals surface area contributed by atoms with Crippen molar-refractivity contribution in [3.05, 3.63) is 64.5 Å². The molecule has 0 bridgehead atoms. The molecule has 0 atom stereocenters. The van der Waals surface area contributed by atoms with E-state index in [1.54, 1.807) is 23.7 Å². The molecule has 3 aromatic rings. The summed E-state index contributed by atoms with van der Waals surface area (Å²) in [6, 6.07) is 11.5. The summed E-state index contributed by atoms with van der Waals surface area (Å²) in [4.78, 5) is 22.2. The van der Waals surface area contributed by atoms with Gasteiger partial charge < -0.3 is 9.88 Å². The molecule has 1 amide bonds. The summed E-state index contributed by atoms with van der Waals surface area (Å²) in [7, 11) is 1.76. The molecule has 3 rings (SSSR count). The number of non-ortho nitro benzene ring substituents is 1. The number of nitrogens with zero attached hydrogens (tertiary/aromatic N) is 4. The Morgan fingerprint density at radius 1 is 1.19 bits per heavy atom. The molecule has 1 heterocycles. The van der Waals surface area contributed by atoms with Crippen LogP contribution in [-0.2, 0) is 11.8 Å². The van der Waals surface area contributed by atoms with Crippen molar-refractivity contribution in [2.24, 2.45) is 7.05 Å². The molecule has 0 fully saturated rings. The average molecular weight is 387 g/mol. The monoisotopic (exact) mass is 387 g/mol. The fraction of sp³-hybridized carbons (Fsp3) is 0.118. The second-order valence-corrected chi connectivity index (χ2v) is 6.46. The number of carbonyl (C=O) groups is 1. The van der Waals surface area contributed by atoms with Crippen LogP contribution in [0.3, 0.4) is 0 Å². The quantitative estimate of drug-likeness (QED) is 0.396. The molecule has 10 heteroatoms. The Labute approximate surface area is 157 Å². The topological polar surface area (TPSA) is 103 Å². The number of nitro benzene ring substituents is 1. The van der Waals surface area contributed by atoms with Crippen molar-refractivity contribution in [2.45, 2.75) is 5.16 Å². The van der Waals surface area contributed by atoms with E-state index >= 15 is 0 Å². The highest BCUT2D eigenvalue weighted by Gasteiger charge is 2.13. The van der Waals surface area contributed by atoms with Gasteiger partial charge in [0.05, 0.1) is 10.7 Å². The van der Waals surface area contributed by atoms with Gasteiger partial charge in [-0.05, 0) is 36.4 Å². The number of halogens is 1. The first-order chi connectivity index (χ1) is 12.9. The average Bonchev–Trinajstić information content (AvgIpc) is 3.02. The zero-order valence-electron chi connectivity index (χ0n) is 14.1. The third-order valence-corrected chi connectivity index (χ3v) is 4.65. The fourth-order valence-electron chi connectivity index (χ4n) is 2.28. The van der Waals surface area contributed by atoms with Crippen molar-refractivity contribution >= 4 is 29.0 Å². The Bertz CT molecular complexity index is 973. The fourth-order valence-corrected chi connectivity index (χ4v) is 3.00. The number of nitrogens with one attached hydrogen (secondary N) is 1. The number of hydrogen-bond acceptors (Lipinski definition) is 6. The van der Waals surface area contributed by atoms with Crippen LogP contribution in [0, 0.1) is 15.9 Å². The third kappa shape index (κ3) is 4.47. The highest BCUT2D eigenvalue weighted by molar-refractivity contribution is 7.99. The van der Waals surface area contributed by atoms with Gasteiger partial charge in [-0.3, -0.25) is 14.9 Å². The van der Waals surface area contributed by atoms with Gasteiger partial charge >= 0.3 is 0 Å². The Hall–Kier alpha value is -3.27. The summed E-state index contributed by atoms with van der Waals surface area (Å²) in [6.07, 6.45) is 0. The third-order valence-electron chi connectivity index (χ3n) is 3.63. The molecule has 0 aliphatic carbocycles. The van der Waals surface area contributed by atoms with Gasteiger partial charge in [-0.25, -0.2) is 4.39 Å². The highest BCUT2D eigenvalue weighted by atomic mass is 32.2. The first-order valence-electron chi connectivity index (χ1n) is 7.76. The largest absolute Gasteiger partial charge is 0.325 e. The number of carbonyl (C=O) groups excluding carboxylic acids is 1. The highest BCUT2D eigenvalue weighted by Crippen LogP contribution is 2.23. The molecule has 0 spiro atoms. The van der Waals surface area contributed by atoms with E-state index in [0.29, 0.717) is 22.2 Å². The number of thioether (sulfide) groups is 1. The number of nitro groups is 1. The van der Waals surface area contributed by atoms with Gasteiger partial charge in [0.25, 0.3) is 5.69 Å². The van der Waals surface area contributed by atoms with Crippen LogP contribution < -0.4 is 5.32 Å². The van der Waals surface area contributed by atoms with Gasteiger partial charge in [0.1, 0.15) is 5.82 Å². The lowest BCUT2D eigenvalue weighted by Crippen LogP contribution is -2.14. The summed E-state index contributed by atoms with van der Waals surface area (Å²) in [5.41, 5.74) is 1.14. The maximum atomic E-state index is 13.0. The summed E-state index contributed by atoms with van der Waals surface area (Å²) < 4.78 is 14.8. The Kier molecular flexibility index (Phi) is 5.46. The zero-order valence-corrected chi connectivity index (χ0v) is 14.9. The van der Waals surface area contributed by atoms with E-state index in [4.69, 9.17) is 0 Å². The van der Waals surface area contributed by atoms with Crippen molar-refractivity contribution < 1.29 is 14.1 Å². The van der Waals surface area contributed by atoms with Gasteiger partial charge in [-0.15, -0.1) is 10.2 Å². The molecule has 138 valence electrons. The lowest BCUT2D eigenvalue weighted by molar-refractivity contribution is -0.384. The molecule has 2 aromatic carbocycles. The molecule has 1 aromatic heterocycles. The minimum atomic E-state index is -0.506. The van der Waals surface area contributed by atoms with Crippen LogP contribution in [0.5, 0.6) is 0 Å². The van der Waals surface area contributed by atoms with Crippen LogP contribution in [0.15, 0.2) is 53.7 Å². The van der Waals surface area contributed by atoms with E-state index in [1.807, 2.05) is 0 Å². The van der Waals surface area contributed by atoms with Gasteiger partial charge in [-0.2, -0.15) is 0 Å². The van der Waals surface area contributed by atoms with Crippen LogP contribution in [-0.4, -0.2) is 31.3 Å². The van der Waals surface area contributed by atoms with E-state index < -0.39 is 4.92 Å². The summed E-state index contributed by atoms with van der Waals surface area (Å²) in [6.45, 7) is 0. The van der Waals surface area contributed by atoms with Gasteiger partial charge in [0.15, 0.2) is 11.0 Å². The molecule has 0 aliphatic rings. The predicted octanol–water partition coefficient (Wildman–Crippen LogP) is 3.26. The number of amides is 1. The normalized spacial score (nSPS) is 10.6. The van der Waals surface area contributed by atoms with Crippen LogP contribution in [0.4, 0.5) is 15.8 Å². The van der Waals surface area contributed by atoms with E-state index in [0.717, 1.165) is 0 Å². The molecule has 0 radical (unpaired) electrons. The lowest BCUT2D eigenvalue weighted by Gasteiger charge is -2.05. The zero-order chi connectivity index (χ0) is 19.4. The molecule has 0 unspecified atom stereocenters.